The van der Waals surface area contributed by atoms with Gasteiger partial charge in [-0.15, -0.1) is 0 Å². The van der Waals surface area contributed by atoms with E-state index >= 15 is 0 Å². The number of esters is 1. The number of para-hydroxylation sites is 1. The number of carbonyl (C=O) groups excluding carboxylic acids is 1. The van der Waals surface area contributed by atoms with Crippen LogP contribution in [-0.2, 0) is 9.53 Å². The lowest BCUT2D eigenvalue weighted by Gasteiger charge is -2.25. The Bertz CT molecular complexity index is 1870. The lowest BCUT2D eigenvalue weighted by Crippen LogP contribution is -2.40. The fourth-order valence-corrected chi connectivity index (χ4v) is 5.82. The van der Waals surface area contributed by atoms with Crippen LogP contribution in [-0.4, -0.2) is 35.3 Å². The molecule has 0 aliphatic carbocycles. The zero-order valence-electron chi connectivity index (χ0n) is 21.6. The van der Waals surface area contributed by atoms with E-state index in [4.69, 9.17) is 25.5 Å². The summed E-state index contributed by atoms with van der Waals surface area (Å²) in [6.45, 7) is 3.60. The van der Waals surface area contributed by atoms with Crippen LogP contribution in [0.5, 0.6) is 5.75 Å². The zero-order valence-corrected chi connectivity index (χ0v) is 23.2. The Morgan fingerprint density at radius 1 is 1.20 bits per heavy atom. The molecule has 5 rings (SSSR count). The molecule has 11 heteroatoms. The molecule has 0 bridgehead atoms. The maximum Gasteiger partial charge on any atom is 0.338 e. The number of benzene rings is 2. The molecule has 0 fully saturated rings. The number of methoxy groups -OCH3 is 1. The Kier molecular flexibility index (Phi) is 7.46. The molecule has 3 heterocycles. The van der Waals surface area contributed by atoms with Gasteiger partial charge in [0.15, 0.2) is 4.80 Å². The lowest BCUT2D eigenvalue weighted by molar-refractivity contribution is -0.139. The predicted octanol–water partition coefficient (Wildman–Crippen LogP) is 4.42. The highest BCUT2D eigenvalue weighted by atomic mass is 35.5. The first-order valence-electron chi connectivity index (χ1n) is 12.2. The summed E-state index contributed by atoms with van der Waals surface area (Å²) >= 11 is 7.28. The van der Waals surface area contributed by atoms with Crippen molar-refractivity contribution in [1.82, 2.24) is 4.57 Å². The Morgan fingerprint density at radius 2 is 1.98 bits per heavy atom. The number of hydrogen-bond donors (Lipinski definition) is 1. The Hall–Kier alpha value is -4.41. The minimum absolute atomic E-state index is 0.0135. The molecule has 4 aromatic rings. The molecule has 40 heavy (non-hydrogen) atoms. The number of ether oxygens (including phenoxy) is 2. The Labute approximate surface area is 236 Å². The summed E-state index contributed by atoms with van der Waals surface area (Å²) in [4.78, 5) is 43.1. The fourth-order valence-electron chi connectivity index (χ4n) is 4.53. The van der Waals surface area contributed by atoms with Crippen molar-refractivity contribution in [3.63, 3.8) is 0 Å². The summed E-state index contributed by atoms with van der Waals surface area (Å²) in [7, 11) is 1.53. The van der Waals surface area contributed by atoms with Crippen LogP contribution in [0.3, 0.4) is 0 Å². The summed E-state index contributed by atoms with van der Waals surface area (Å²) in [5, 5.41) is 9.30. The number of nitrogens with zero attached hydrogens (tertiary/aromatic N) is 2. The second-order valence-corrected chi connectivity index (χ2v) is 10.2. The van der Waals surface area contributed by atoms with E-state index in [1.165, 1.54) is 35.1 Å². The number of halogens is 1. The molecular formula is C29H23ClN2O7S. The molecule has 2 aromatic carbocycles. The number of carbonyl (C=O) groups is 2. The summed E-state index contributed by atoms with van der Waals surface area (Å²) in [6, 6.07) is 14.3. The quantitative estimate of drug-likeness (QED) is 0.322. The normalized spacial score (nSPS) is 15.0. The maximum absolute atomic E-state index is 13.8. The zero-order chi connectivity index (χ0) is 28.6. The van der Waals surface area contributed by atoms with Gasteiger partial charge in [-0.2, -0.15) is 0 Å². The van der Waals surface area contributed by atoms with E-state index in [0.29, 0.717) is 43.4 Å². The van der Waals surface area contributed by atoms with E-state index in [9.17, 15) is 19.5 Å². The van der Waals surface area contributed by atoms with Crippen LogP contribution in [0.1, 0.15) is 41.6 Å². The van der Waals surface area contributed by atoms with Crippen molar-refractivity contribution in [2.45, 2.75) is 19.9 Å². The largest absolute Gasteiger partial charge is 0.496 e. The molecule has 0 amide bonds. The highest BCUT2D eigenvalue weighted by molar-refractivity contribution is 7.07. The van der Waals surface area contributed by atoms with Crippen molar-refractivity contribution in [2.24, 2.45) is 4.99 Å². The smallest absolute Gasteiger partial charge is 0.338 e. The average molecular weight is 579 g/mol. The highest BCUT2D eigenvalue weighted by Crippen LogP contribution is 2.35. The van der Waals surface area contributed by atoms with Crippen LogP contribution < -0.4 is 19.6 Å². The molecule has 0 saturated heterocycles. The summed E-state index contributed by atoms with van der Waals surface area (Å²) < 4.78 is 18.7. The van der Waals surface area contributed by atoms with Gasteiger partial charge >= 0.3 is 11.9 Å². The molecule has 1 aliphatic rings. The Morgan fingerprint density at radius 3 is 2.67 bits per heavy atom. The third kappa shape index (κ3) is 4.87. The predicted molar refractivity (Wildman–Crippen MR) is 150 cm³/mol. The number of rotatable bonds is 7. The van der Waals surface area contributed by atoms with Crippen LogP contribution in [0.25, 0.3) is 17.4 Å². The van der Waals surface area contributed by atoms with Crippen molar-refractivity contribution in [3.8, 4) is 17.1 Å². The third-order valence-electron chi connectivity index (χ3n) is 6.33. The molecule has 1 atom stereocenters. The van der Waals surface area contributed by atoms with E-state index < -0.39 is 18.0 Å². The van der Waals surface area contributed by atoms with E-state index in [-0.39, 0.29) is 28.3 Å². The molecule has 9 nitrogen and oxygen atoms in total. The topological polar surface area (TPSA) is 120 Å². The second-order valence-electron chi connectivity index (χ2n) is 8.75. The molecule has 2 aromatic heterocycles. The van der Waals surface area contributed by atoms with Gasteiger partial charge in [0.25, 0.3) is 5.56 Å². The van der Waals surface area contributed by atoms with Gasteiger partial charge in [-0.05, 0) is 44.2 Å². The molecule has 0 unspecified atom stereocenters. The number of carboxylic acids is 1. The Balaban J connectivity index is 1.62. The number of carboxylic acid groups (broad SMARTS) is 1. The van der Waals surface area contributed by atoms with Crippen molar-refractivity contribution < 1.29 is 28.6 Å². The van der Waals surface area contributed by atoms with Gasteiger partial charge in [0.2, 0.25) is 0 Å². The number of aromatic nitrogens is 1. The molecule has 0 saturated carbocycles. The first-order chi connectivity index (χ1) is 19.2. The first kappa shape index (κ1) is 27.2. The first-order valence-corrected chi connectivity index (χ1v) is 13.4. The molecule has 0 spiro atoms. The van der Waals surface area contributed by atoms with E-state index in [2.05, 4.69) is 4.99 Å². The minimum Gasteiger partial charge on any atom is -0.496 e. The van der Waals surface area contributed by atoms with E-state index in [1.54, 1.807) is 50.3 Å². The van der Waals surface area contributed by atoms with E-state index in [0.717, 1.165) is 0 Å². The van der Waals surface area contributed by atoms with Gasteiger partial charge in [0.05, 0.1) is 40.1 Å². The number of allylic oxidation sites excluding steroid dienone is 1. The number of aromatic carboxylic acids is 1. The van der Waals surface area contributed by atoms with Crippen molar-refractivity contribution in [2.75, 3.05) is 13.7 Å². The summed E-state index contributed by atoms with van der Waals surface area (Å²) in [5.74, 6) is -0.321. The van der Waals surface area contributed by atoms with Gasteiger partial charge < -0.3 is 19.0 Å². The van der Waals surface area contributed by atoms with Gasteiger partial charge in [-0.3, -0.25) is 9.36 Å². The maximum atomic E-state index is 13.8. The monoisotopic (exact) mass is 578 g/mol. The van der Waals surface area contributed by atoms with Crippen molar-refractivity contribution in [3.05, 3.63) is 107 Å². The standard InChI is InChI=1S/C29H23ClN2O7S/c1-4-38-28(36)24-15(2)31-29-32(25(24)19-7-5-6-8-22(19)37-3)26(33)23(40-29)14-17-10-12-21(39-17)16-9-11-18(27(34)35)20(30)13-16/h5-14,25H,4H2,1-3H3,(H,34,35)/b23-14-/t25-/m1/s1. The lowest BCUT2D eigenvalue weighted by atomic mass is 9.95. The van der Waals surface area contributed by atoms with Gasteiger partial charge in [-0.1, -0.05) is 47.2 Å². The average Bonchev–Trinajstić information content (AvgIpc) is 3.52. The molecule has 0 radical (unpaired) electrons. The van der Waals surface area contributed by atoms with Crippen LogP contribution in [0, 0.1) is 0 Å². The number of hydrogen-bond acceptors (Lipinski definition) is 8. The SMILES string of the molecule is CCOC(=O)C1=C(C)N=c2s/c(=C\c3ccc(-c4ccc(C(=O)O)c(Cl)c4)o3)c(=O)n2[C@@H]1c1ccccc1OC. The summed E-state index contributed by atoms with van der Waals surface area (Å²) in [6.07, 6.45) is 1.60. The van der Waals surface area contributed by atoms with Gasteiger partial charge in [0, 0.05) is 17.2 Å². The summed E-state index contributed by atoms with van der Waals surface area (Å²) in [5.41, 5.74) is 1.54. The second kappa shape index (κ2) is 11.0. The van der Waals surface area contributed by atoms with E-state index in [1.807, 2.05) is 12.1 Å². The third-order valence-corrected chi connectivity index (χ3v) is 7.63. The fraction of sp³-hybridized carbons (Fsp3) is 0.172. The number of fused-ring (bicyclic) bond motifs is 1. The van der Waals surface area contributed by atoms with Gasteiger partial charge in [-0.25, -0.2) is 14.6 Å². The van der Waals surface area contributed by atoms with Crippen molar-refractivity contribution >= 4 is 41.0 Å². The number of thiazole rings is 1. The van der Waals surface area contributed by atoms with Crippen LogP contribution in [0.2, 0.25) is 5.02 Å². The molecular weight excluding hydrogens is 556 g/mol. The molecule has 1 aliphatic heterocycles. The van der Waals surface area contributed by atoms with Crippen LogP contribution in [0.4, 0.5) is 0 Å². The molecule has 1 N–H and O–H groups in total. The van der Waals surface area contributed by atoms with Crippen molar-refractivity contribution in [1.29, 1.82) is 0 Å². The van der Waals surface area contributed by atoms with Crippen LogP contribution >= 0.6 is 22.9 Å². The van der Waals surface area contributed by atoms with Crippen LogP contribution in [0.15, 0.2) is 80.1 Å². The minimum atomic E-state index is -1.13. The molecule has 204 valence electrons. The highest BCUT2D eigenvalue weighted by Gasteiger charge is 2.35. The van der Waals surface area contributed by atoms with Gasteiger partial charge in [0.1, 0.15) is 23.3 Å². The number of furan rings is 1.